The van der Waals surface area contributed by atoms with Crippen LogP contribution < -0.4 is 20.9 Å². The Bertz CT molecular complexity index is 1130. The number of aryl methyl sites for hydroxylation is 1. The molecule has 2 aromatic heterocycles. The van der Waals surface area contributed by atoms with Gasteiger partial charge < -0.3 is 19.3 Å². The molecule has 9 nitrogen and oxygen atoms in total. The highest BCUT2D eigenvalue weighted by Gasteiger charge is 2.22. The third-order valence-corrected chi connectivity index (χ3v) is 4.70. The van der Waals surface area contributed by atoms with Gasteiger partial charge in [-0.15, -0.1) is 0 Å². The van der Waals surface area contributed by atoms with E-state index in [0.29, 0.717) is 16.7 Å². The summed E-state index contributed by atoms with van der Waals surface area (Å²) in [5.41, 5.74) is -0.436. The van der Waals surface area contributed by atoms with Crippen molar-refractivity contribution < 1.29 is 9.84 Å². The number of fused-ring (bicyclic) bond motifs is 1. The molecular weight excluding hydrogens is 386 g/mol. The highest BCUT2D eigenvalue weighted by molar-refractivity contribution is 6.32. The number of hydrogen-bond acceptors (Lipinski definition) is 6. The first kappa shape index (κ1) is 20.0. The molecule has 0 unspecified atom stereocenters. The third kappa shape index (κ3) is 3.50. The van der Waals surface area contributed by atoms with Gasteiger partial charge in [-0.05, 0) is 12.1 Å². The number of benzene rings is 1. The van der Waals surface area contributed by atoms with Crippen LogP contribution in [0.4, 0.5) is 5.95 Å². The van der Waals surface area contributed by atoms with Crippen molar-refractivity contribution in [2.24, 2.45) is 14.1 Å². The van der Waals surface area contributed by atoms with E-state index < -0.39 is 17.4 Å². The highest BCUT2D eigenvalue weighted by atomic mass is 35.5. The zero-order chi connectivity index (χ0) is 20.6. The van der Waals surface area contributed by atoms with Crippen molar-refractivity contribution in [2.45, 2.75) is 12.6 Å². The molecule has 1 aromatic carbocycles. The molecule has 0 bridgehead atoms. The van der Waals surface area contributed by atoms with Crippen LogP contribution in [0.15, 0.2) is 33.9 Å². The van der Waals surface area contributed by atoms with E-state index in [4.69, 9.17) is 16.3 Å². The lowest BCUT2D eigenvalue weighted by atomic mass is 10.3. The minimum atomic E-state index is -0.936. The van der Waals surface area contributed by atoms with E-state index in [2.05, 4.69) is 4.98 Å². The Labute approximate surface area is 166 Å². The van der Waals surface area contributed by atoms with Gasteiger partial charge in [0.15, 0.2) is 11.2 Å². The van der Waals surface area contributed by atoms with Crippen molar-refractivity contribution >= 4 is 28.7 Å². The predicted octanol–water partition coefficient (Wildman–Crippen LogP) is 0.593. The summed E-state index contributed by atoms with van der Waals surface area (Å²) in [4.78, 5) is 31.0. The van der Waals surface area contributed by atoms with Crippen LogP contribution in [0.5, 0.6) is 5.75 Å². The van der Waals surface area contributed by atoms with Crippen LogP contribution in [0, 0.1) is 0 Å². The van der Waals surface area contributed by atoms with Gasteiger partial charge in [0, 0.05) is 28.2 Å². The Morgan fingerprint density at radius 2 is 1.89 bits per heavy atom. The van der Waals surface area contributed by atoms with E-state index in [1.165, 1.54) is 11.6 Å². The van der Waals surface area contributed by atoms with Crippen molar-refractivity contribution in [1.82, 2.24) is 18.7 Å². The van der Waals surface area contributed by atoms with Gasteiger partial charge in [-0.25, -0.2) is 4.79 Å². The van der Waals surface area contributed by atoms with Crippen molar-refractivity contribution in [2.75, 3.05) is 25.6 Å². The van der Waals surface area contributed by atoms with Gasteiger partial charge in [-0.1, -0.05) is 23.7 Å². The number of halogens is 1. The predicted molar refractivity (Wildman–Crippen MR) is 107 cm³/mol. The second-order valence-corrected chi connectivity index (χ2v) is 7.10. The minimum absolute atomic E-state index is 0.0254. The number of aliphatic hydroxyl groups is 1. The van der Waals surface area contributed by atoms with Crippen molar-refractivity contribution in [3.63, 3.8) is 0 Å². The molecule has 3 rings (SSSR count). The second kappa shape index (κ2) is 7.69. The topological polar surface area (TPSA) is 94.5 Å². The van der Waals surface area contributed by atoms with Crippen molar-refractivity contribution in [3.05, 3.63) is 50.1 Å². The summed E-state index contributed by atoms with van der Waals surface area (Å²) in [6.07, 6.45) is -0.936. The Morgan fingerprint density at radius 1 is 1.21 bits per heavy atom. The molecule has 1 atom stereocenters. The van der Waals surface area contributed by atoms with E-state index in [1.54, 1.807) is 54.9 Å². The van der Waals surface area contributed by atoms with Gasteiger partial charge in [0.05, 0.1) is 11.6 Å². The molecule has 1 N–H and O–H groups in total. The first-order valence-electron chi connectivity index (χ1n) is 8.61. The van der Waals surface area contributed by atoms with Crippen LogP contribution in [0.25, 0.3) is 11.2 Å². The minimum Gasteiger partial charge on any atom is -0.489 e. The van der Waals surface area contributed by atoms with Gasteiger partial charge >= 0.3 is 5.69 Å². The Kier molecular flexibility index (Phi) is 5.48. The number of hydrogen-bond donors (Lipinski definition) is 1. The lowest BCUT2D eigenvalue weighted by Gasteiger charge is -2.18. The van der Waals surface area contributed by atoms with E-state index in [9.17, 15) is 14.7 Å². The first-order chi connectivity index (χ1) is 13.2. The fourth-order valence-electron chi connectivity index (χ4n) is 2.96. The van der Waals surface area contributed by atoms with Gasteiger partial charge in [0.1, 0.15) is 18.5 Å². The summed E-state index contributed by atoms with van der Waals surface area (Å²) in [6, 6.07) is 6.97. The standard InChI is InChI=1S/C18H22ClN5O4/c1-21(2)17-20-15-14(16(26)23(4)18(27)22(15)3)24(17)9-11(25)10-28-13-8-6-5-7-12(13)19/h5-8,11,25H,9-10H2,1-4H3/t11-/m0/s1. The zero-order valence-electron chi connectivity index (χ0n) is 16.1. The molecule has 0 aliphatic rings. The number of para-hydroxylation sites is 1. The van der Waals surface area contributed by atoms with Crippen LogP contribution in [-0.4, -0.2) is 50.6 Å². The smallest absolute Gasteiger partial charge is 0.332 e. The average molecular weight is 408 g/mol. The average Bonchev–Trinajstić information content (AvgIpc) is 3.03. The largest absolute Gasteiger partial charge is 0.489 e. The van der Waals surface area contributed by atoms with Crippen LogP contribution in [0.1, 0.15) is 0 Å². The number of aromatic nitrogens is 4. The lowest BCUT2D eigenvalue weighted by molar-refractivity contribution is 0.0937. The molecule has 28 heavy (non-hydrogen) atoms. The Balaban J connectivity index is 1.97. The van der Waals surface area contributed by atoms with E-state index in [-0.39, 0.29) is 24.3 Å². The monoisotopic (exact) mass is 407 g/mol. The third-order valence-electron chi connectivity index (χ3n) is 4.39. The summed E-state index contributed by atoms with van der Waals surface area (Å²) in [6.45, 7) is 0.0320. The molecule has 0 saturated carbocycles. The second-order valence-electron chi connectivity index (χ2n) is 6.69. The van der Waals surface area contributed by atoms with Crippen LogP contribution in [0.3, 0.4) is 0 Å². The molecule has 2 heterocycles. The van der Waals surface area contributed by atoms with E-state index in [0.717, 1.165) is 4.57 Å². The van der Waals surface area contributed by atoms with Gasteiger partial charge in [-0.2, -0.15) is 4.98 Å². The fraction of sp³-hybridized carbons (Fsp3) is 0.389. The molecule has 0 fully saturated rings. The van der Waals surface area contributed by atoms with Crippen molar-refractivity contribution in [1.29, 1.82) is 0 Å². The quantitative estimate of drug-likeness (QED) is 0.642. The molecule has 3 aromatic rings. The summed E-state index contributed by atoms with van der Waals surface area (Å²) < 4.78 is 9.52. The number of aliphatic hydroxyl groups excluding tert-OH is 1. The molecule has 150 valence electrons. The summed E-state index contributed by atoms with van der Waals surface area (Å²) >= 11 is 6.06. The zero-order valence-corrected chi connectivity index (χ0v) is 16.8. The molecule has 0 spiro atoms. The number of nitrogens with zero attached hydrogens (tertiary/aromatic N) is 5. The first-order valence-corrected chi connectivity index (χ1v) is 8.99. The maximum absolute atomic E-state index is 12.7. The van der Waals surface area contributed by atoms with Crippen LogP contribution in [-0.2, 0) is 20.6 Å². The van der Waals surface area contributed by atoms with E-state index >= 15 is 0 Å². The molecule has 0 radical (unpaired) electrons. The van der Waals surface area contributed by atoms with Crippen molar-refractivity contribution in [3.8, 4) is 5.75 Å². The van der Waals surface area contributed by atoms with Crippen LogP contribution in [0.2, 0.25) is 5.02 Å². The van der Waals surface area contributed by atoms with E-state index in [1.807, 2.05) is 0 Å². The maximum atomic E-state index is 12.7. The Morgan fingerprint density at radius 3 is 2.54 bits per heavy atom. The number of anilines is 1. The van der Waals surface area contributed by atoms with Gasteiger partial charge in [0.25, 0.3) is 5.56 Å². The fourth-order valence-corrected chi connectivity index (χ4v) is 3.15. The number of rotatable bonds is 6. The van der Waals surface area contributed by atoms with Crippen LogP contribution >= 0.6 is 11.6 Å². The molecule has 0 aliphatic heterocycles. The summed E-state index contributed by atoms with van der Waals surface area (Å²) in [5, 5.41) is 11.0. The normalized spacial score (nSPS) is 12.4. The molecule has 0 saturated heterocycles. The Hall–Kier alpha value is -2.78. The van der Waals surface area contributed by atoms with Gasteiger partial charge in [-0.3, -0.25) is 13.9 Å². The molecule has 0 amide bonds. The molecule has 10 heteroatoms. The SMILES string of the molecule is CN(C)c1nc2c(c(=O)n(C)c(=O)n2C)n1C[C@H](O)COc1ccccc1Cl. The highest BCUT2D eigenvalue weighted by Crippen LogP contribution is 2.23. The lowest BCUT2D eigenvalue weighted by Crippen LogP contribution is -2.38. The van der Waals surface area contributed by atoms with Gasteiger partial charge in [0.2, 0.25) is 5.95 Å². The maximum Gasteiger partial charge on any atom is 0.332 e. The molecular formula is C18H22ClN5O4. The number of ether oxygens (including phenoxy) is 1. The molecule has 0 aliphatic carbocycles. The summed E-state index contributed by atoms with van der Waals surface area (Å²) in [5.74, 6) is 0.912. The number of imidazole rings is 1. The summed E-state index contributed by atoms with van der Waals surface area (Å²) in [7, 11) is 6.51.